The van der Waals surface area contributed by atoms with E-state index in [1.165, 1.54) is 12.1 Å². The second-order valence-electron chi connectivity index (χ2n) is 4.22. The minimum absolute atomic E-state index is 0.00576. The third kappa shape index (κ3) is 2.96. The Kier molecular flexibility index (Phi) is 4.04. The van der Waals surface area contributed by atoms with Crippen LogP contribution in [0.3, 0.4) is 0 Å². The number of nitrogens with one attached hydrogen (secondary N) is 1. The van der Waals surface area contributed by atoms with Gasteiger partial charge in [-0.25, -0.2) is 8.78 Å². The molecule has 0 saturated heterocycles. The number of amides is 1. The van der Waals surface area contributed by atoms with Gasteiger partial charge in [0.15, 0.2) is 5.82 Å². The van der Waals surface area contributed by atoms with Gasteiger partial charge < -0.3 is 10.4 Å². The number of carbonyl (C=O) groups is 1. The summed E-state index contributed by atoms with van der Waals surface area (Å²) in [7, 11) is 0. The third-order valence-electron chi connectivity index (χ3n) is 2.64. The molecule has 0 aromatic heterocycles. The Bertz CT molecular complexity index is 666. The van der Waals surface area contributed by atoms with E-state index in [9.17, 15) is 18.7 Å². The maximum absolute atomic E-state index is 13.6. The Morgan fingerprint density at radius 3 is 2.55 bits per heavy atom. The summed E-state index contributed by atoms with van der Waals surface area (Å²) in [5.41, 5.74) is 0.607. The number of hydrogen-bond donors (Lipinski definition) is 2. The number of anilines is 1. The molecular weight excluding hydrogens is 332 g/mol. The van der Waals surface area contributed by atoms with Crippen LogP contribution in [0.4, 0.5) is 14.5 Å². The van der Waals surface area contributed by atoms with Crippen LogP contribution >= 0.6 is 15.9 Å². The molecule has 0 atom stereocenters. The van der Waals surface area contributed by atoms with E-state index in [1.807, 2.05) is 0 Å². The van der Waals surface area contributed by atoms with E-state index in [0.29, 0.717) is 6.07 Å². The quantitative estimate of drug-likeness (QED) is 0.867. The fourth-order valence-corrected chi connectivity index (χ4v) is 2.18. The van der Waals surface area contributed by atoms with Gasteiger partial charge in [0.05, 0.1) is 11.3 Å². The van der Waals surface area contributed by atoms with Crippen molar-refractivity contribution >= 4 is 27.5 Å². The lowest BCUT2D eigenvalue weighted by molar-refractivity contribution is 0.102. The predicted octanol–water partition coefficient (Wildman–Crippen LogP) is 3.99. The number of hydrogen-bond acceptors (Lipinski definition) is 2. The number of halogens is 3. The molecule has 0 aliphatic rings. The number of benzene rings is 2. The zero-order valence-electron chi connectivity index (χ0n) is 10.4. The van der Waals surface area contributed by atoms with Crippen molar-refractivity contribution in [3.8, 4) is 5.75 Å². The summed E-state index contributed by atoms with van der Waals surface area (Å²) in [6, 6.07) is 6.19. The molecule has 6 heteroatoms. The molecule has 1 amide bonds. The van der Waals surface area contributed by atoms with Crippen LogP contribution in [0.2, 0.25) is 0 Å². The summed E-state index contributed by atoms with van der Waals surface area (Å²) in [5, 5.41) is 12.0. The van der Waals surface area contributed by atoms with Crippen LogP contribution < -0.4 is 5.32 Å². The highest BCUT2D eigenvalue weighted by molar-refractivity contribution is 9.10. The number of phenolic OH excluding ortho intramolecular Hbond substituents is 1. The van der Waals surface area contributed by atoms with E-state index in [-0.39, 0.29) is 21.5 Å². The molecular formula is C14H10BrF2NO2. The highest BCUT2D eigenvalue weighted by Gasteiger charge is 2.16. The Hall–Kier alpha value is -1.95. The van der Waals surface area contributed by atoms with Crippen molar-refractivity contribution in [3.63, 3.8) is 0 Å². The zero-order valence-corrected chi connectivity index (χ0v) is 12.0. The monoisotopic (exact) mass is 341 g/mol. The molecule has 2 N–H and O–H groups in total. The maximum Gasteiger partial charge on any atom is 0.259 e. The summed E-state index contributed by atoms with van der Waals surface area (Å²) < 4.78 is 26.6. The van der Waals surface area contributed by atoms with Crippen LogP contribution in [-0.2, 0) is 0 Å². The smallest absolute Gasteiger partial charge is 0.259 e. The third-order valence-corrected chi connectivity index (χ3v) is 3.27. The zero-order chi connectivity index (χ0) is 14.9. The Morgan fingerprint density at radius 2 is 1.95 bits per heavy atom. The molecule has 0 radical (unpaired) electrons. The van der Waals surface area contributed by atoms with Crippen LogP contribution in [0, 0.1) is 18.6 Å². The fourth-order valence-electron chi connectivity index (χ4n) is 1.68. The van der Waals surface area contributed by atoms with Gasteiger partial charge in [0.1, 0.15) is 11.6 Å². The fraction of sp³-hybridized carbons (Fsp3) is 0.0714. The number of carbonyl (C=O) groups excluding carboxylic acids is 1. The lowest BCUT2D eigenvalue weighted by Crippen LogP contribution is -2.14. The summed E-state index contributed by atoms with van der Waals surface area (Å²) in [5.74, 6) is -2.56. The molecule has 0 spiro atoms. The van der Waals surface area contributed by atoms with Crippen LogP contribution in [0.1, 0.15) is 15.9 Å². The molecule has 0 heterocycles. The Balaban J connectivity index is 2.33. The van der Waals surface area contributed by atoms with Crippen LogP contribution in [0.15, 0.2) is 34.8 Å². The first-order chi connectivity index (χ1) is 9.38. The molecule has 2 aromatic carbocycles. The van der Waals surface area contributed by atoms with Gasteiger partial charge in [-0.3, -0.25) is 4.79 Å². The minimum Gasteiger partial charge on any atom is -0.507 e. The number of aromatic hydroxyl groups is 1. The second-order valence-corrected chi connectivity index (χ2v) is 5.07. The van der Waals surface area contributed by atoms with Gasteiger partial charge in [-0.05, 0) is 46.6 Å². The van der Waals surface area contributed by atoms with Crippen LogP contribution in [0.5, 0.6) is 5.75 Å². The van der Waals surface area contributed by atoms with Crippen molar-refractivity contribution in [2.45, 2.75) is 6.92 Å². The Labute approximate surface area is 122 Å². The molecule has 0 saturated carbocycles. The van der Waals surface area contributed by atoms with Crippen LogP contribution in [-0.4, -0.2) is 11.0 Å². The number of phenols is 1. The lowest BCUT2D eigenvalue weighted by atomic mass is 10.1. The van der Waals surface area contributed by atoms with E-state index in [1.54, 1.807) is 13.0 Å². The van der Waals surface area contributed by atoms with Crippen molar-refractivity contribution in [1.29, 1.82) is 0 Å². The van der Waals surface area contributed by atoms with Gasteiger partial charge in [-0.2, -0.15) is 0 Å². The summed E-state index contributed by atoms with van der Waals surface area (Å²) in [4.78, 5) is 12.0. The Morgan fingerprint density at radius 1 is 1.25 bits per heavy atom. The minimum atomic E-state index is -0.906. The van der Waals surface area contributed by atoms with Gasteiger partial charge in [0.25, 0.3) is 5.91 Å². The van der Waals surface area contributed by atoms with Gasteiger partial charge in [-0.1, -0.05) is 6.07 Å². The summed E-state index contributed by atoms with van der Waals surface area (Å²) in [6.45, 7) is 1.76. The van der Waals surface area contributed by atoms with Gasteiger partial charge in [0, 0.05) is 10.5 Å². The van der Waals surface area contributed by atoms with Crippen molar-refractivity contribution in [2.75, 3.05) is 5.32 Å². The van der Waals surface area contributed by atoms with Crippen molar-refractivity contribution in [2.24, 2.45) is 0 Å². The molecule has 104 valence electrons. The van der Waals surface area contributed by atoms with E-state index in [4.69, 9.17) is 0 Å². The van der Waals surface area contributed by atoms with Gasteiger partial charge in [0.2, 0.25) is 0 Å². The molecule has 2 rings (SSSR count). The van der Waals surface area contributed by atoms with E-state index >= 15 is 0 Å². The number of aryl methyl sites for hydroxylation is 1. The van der Waals surface area contributed by atoms with E-state index in [2.05, 4.69) is 21.2 Å². The van der Waals surface area contributed by atoms with Gasteiger partial charge >= 0.3 is 0 Å². The molecule has 2 aromatic rings. The van der Waals surface area contributed by atoms with Crippen LogP contribution in [0.25, 0.3) is 0 Å². The molecule has 0 fully saturated rings. The highest BCUT2D eigenvalue weighted by Crippen LogP contribution is 2.28. The average Bonchev–Trinajstić information content (AvgIpc) is 2.33. The largest absolute Gasteiger partial charge is 0.507 e. The molecule has 20 heavy (non-hydrogen) atoms. The highest BCUT2D eigenvalue weighted by atomic mass is 79.9. The van der Waals surface area contributed by atoms with E-state index < -0.39 is 17.5 Å². The second kappa shape index (κ2) is 5.58. The van der Waals surface area contributed by atoms with E-state index in [0.717, 1.165) is 11.6 Å². The maximum atomic E-state index is 13.6. The summed E-state index contributed by atoms with van der Waals surface area (Å²) in [6.07, 6.45) is 0. The molecule has 0 aliphatic heterocycles. The first kappa shape index (κ1) is 14.5. The SMILES string of the molecule is Cc1ccc(C(=O)Nc2c(F)cc(F)cc2Br)c(O)c1. The molecule has 0 bridgehead atoms. The van der Waals surface area contributed by atoms with Crippen molar-refractivity contribution in [1.82, 2.24) is 0 Å². The van der Waals surface area contributed by atoms with Crippen molar-refractivity contribution in [3.05, 3.63) is 57.6 Å². The van der Waals surface area contributed by atoms with Crippen molar-refractivity contribution < 1.29 is 18.7 Å². The average molecular weight is 342 g/mol. The number of rotatable bonds is 2. The normalized spacial score (nSPS) is 10.4. The standard InChI is InChI=1S/C14H10BrF2NO2/c1-7-2-3-9(12(19)4-7)14(20)18-13-10(15)5-8(16)6-11(13)17/h2-6,19H,1H3,(H,18,20). The first-order valence-corrected chi connectivity index (χ1v) is 6.43. The lowest BCUT2D eigenvalue weighted by Gasteiger charge is -2.10. The molecule has 0 aliphatic carbocycles. The topological polar surface area (TPSA) is 49.3 Å². The predicted molar refractivity (Wildman–Crippen MR) is 74.9 cm³/mol. The summed E-state index contributed by atoms with van der Waals surface area (Å²) >= 11 is 2.97. The first-order valence-electron chi connectivity index (χ1n) is 5.64. The van der Waals surface area contributed by atoms with Gasteiger partial charge in [-0.15, -0.1) is 0 Å². The molecule has 3 nitrogen and oxygen atoms in total. The molecule has 0 unspecified atom stereocenters.